The van der Waals surface area contributed by atoms with Crippen molar-refractivity contribution in [2.75, 3.05) is 0 Å². The summed E-state index contributed by atoms with van der Waals surface area (Å²) in [7, 11) is 0. The van der Waals surface area contributed by atoms with E-state index in [9.17, 15) is 0 Å². The molecule has 0 saturated carbocycles. The number of rotatable bonds is 2. The van der Waals surface area contributed by atoms with Crippen LogP contribution in [0, 0.1) is 0 Å². The first-order valence-electron chi connectivity index (χ1n) is 6.12. The monoisotopic (exact) mass is 231 g/mol. The van der Waals surface area contributed by atoms with Crippen molar-refractivity contribution < 1.29 is 0 Å². The van der Waals surface area contributed by atoms with Crippen molar-refractivity contribution >= 4 is 11.0 Å². The second-order valence-electron chi connectivity index (χ2n) is 5.70. The van der Waals surface area contributed by atoms with E-state index in [1.807, 2.05) is 13.0 Å². The number of aromatic nitrogens is 2. The van der Waals surface area contributed by atoms with Gasteiger partial charge in [-0.05, 0) is 39.8 Å². The first-order valence-corrected chi connectivity index (χ1v) is 6.12. The van der Waals surface area contributed by atoms with Crippen LogP contribution in [-0.2, 0) is 12.0 Å². The van der Waals surface area contributed by atoms with Gasteiger partial charge < -0.3 is 10.3 Å². The van der Waals surface area contributed by atoms with Gasteiger partial charge in [0.15, 0.2) is 0 Å². The topological polar surface area (TPSA) is 43.8 Å². The van der Waals surface area contributed by atoms with E-state index in [0.717, 1.165) is 17.8 Å². The van der Waals surface area contributed by atoms with Gasteiger partial charge >= 0.3 is 0 Å². The summed E-state index contributed by atoms with van der Waals surface area (Å²) in [5.41, 5.74) is 8.18. The van der Waals surface area contributed by atoms with Gasteiger partial charge in [0.1, 0.15) is 5.82 Å². The third-order valence-corrected chi connectivity index (χ3v) is 2.81. The van der Waals surface area contributed by atoms with E-state index in [0.29, 0.717) is 0 Å². The minimum absolute atomic E-state index is 0.0281. The summed E-state index contributed by atoms with van der Waals surface area (Å²) in [4.78, 5) is 4.70. The van der Waals surface area contributed by atoms with Gasteiger partial charge in [0.05, 0.1) is 11.0 Å². The highest BCUT2D eigenvalue weighted by Gasteiger charge is 2.21. The molecule has 0 aliphatic carbocycles. The van der Waals surface area contributed by atoms with Gasteiger partial charge in [0.25, 0.3) is 0 Å². The van der Waals surface area contributed by atoms with Crippen molar-refractivity contribution in [3.63, 3.8) is 0 Å². The summed E-state index contributed by atoms with van der Waals surface area (Å²) < 4.78 is 2.30. The van der Waals surface area contributed by atoms with Crippen molar-refractivity contribution in [2.45, 2.75) is 45.7 Å². The summed E-state index contributed by atoms with van der Waals surface area (Å²) in [6, 6.07) is 8.40. The van der Waals surface area contributed by atoms with Crippen LogP contribution in [0.3, 0.4) is 0 Å². The number of nitrogens with two attached hydrogens (primary N) is 1. The van der Waals surface area contributed by atoms with E-state index in [-0.39, 0.29) is 11.6 Å². The van der Waals surface area contributed by atoms with E-state index in [1.54, 1.807) is 0 Å². The molecule has 17 heavy (non-hydrogen) atoms. The first-order chi connectivity index (χ1) is 7.89. The fraction of sp³-hybridized carbons (Fsp3) is 0.500. The zero-order valence-electron chi connectivity index (χ0n) is 11.1. The van der Waals surface area contributed by atoms with Crippen molar-refractivity contribution in [2.24, 2.45) is 5.73 Å². The van der Waals surface area contributed by atoms with Gasteiger partial charge in [-0.1, -0.05) is 12.1 Å². The Balaban J connectivity index is 2.65. The Morgan fingerprint density at radius 3 is 2.53 bits per heavy atom. The molecule has 2 rings (SSSR count). The quantitative estimate of drug-likeness (QED) is 0.863. The van der Waals surface area contributed by atoms with Crippen LogP contribution in [0.4, 0.5) is 0 Å². The Morgan fingerprint density at radius 1 is 1.29 bits per heavy atom. The molecule has 1 heterocycles. The number of benzene rings is 1. The number of fused-ring (bicyclic) bond motifs is 1. The zero-order chi connectivity index (χ0) is 12.6. The standard InChI is InChI=1S/C14H21N3/c1-10(15)9-13-16-11-7-5-6-8-12(11)17(13)14(2,3)4/h5-8,10H,9,15H2,1-4H3. The summed E-state index contributed by atoms with van der Waals surface area (Å²) in [6.07, 6.45) is 0.811. The maximum Gasteiger partial charge on any atom is 0.111 e. The van der Waals surface area contributed by atoms with Crippen LogP contribution in [-0.4, -0.2) is 15.6 Å². The minimum Gasteiger partial charge on any atom is -0.328 e. The van der Waals surface area contributed by atoms with E-state index in [2.05, 4.69) is 43.5 Å². The lowest BCUT2D eigenvalue weighted by Crippen LogP contribution is -2.27. The van der Waals surface area contributed by atoms with Crippen molar-refractivity contribution in [1.29, 1.82) is 0 Å². The number of hydrogen-bond donors (Lipinski definition) is 1. The fourth-order valence-corrected chi connectivity index (χ4v) is 2.25. The smallest absolute Gasteiger partial charge is 0.111 e. The number of para-hydroxylation sites is 2. The van der Waals surface area contributed by atoms with Gasteiger partial charge in [-0.25, -0.2) is 4.98 Å². The van der Waals surface area contributed by atoms with E-state index in [4.69, 9.17) is 10.7 Å². The second kappa shape index (κ2) is 4.15. The molecule has 0 radical (unpaired) electrons. The molecule has 1 aromatic heterocycles. The average molecular weight is 231 g/mol. The van der Waals surface area contributed by atoms with Crippen LogP contribution in [0.5, 0.6) is 0 Å². The third kappa shape index (κ3) is 2.34. The Kier molecular flexibility index (Phi) is 2.96. The lowest BCUT2D eigenvalue weighted by Gasteiger charge is -2.25. The summed E-state index contributed by atoms with van der Waals surface area (Å²) in [6.45, 7) is 8.62. The highest BCUT2D eigenvalue weighted by atomic mass is 15.1. The fourth-order valence-electron chi connectivity index (χ4n) is 2.25. The maximum atomic E-state index is 5.91. The zero-order valence-corrected chi connectivity index (χ0v) is 11.1. The van der Waals surface area contributed by atoms with Crippen molar-refractivity contribution in [3.8, 4) is 0 Å². The molecule has 1 unspecified atom stereocenters. The molecule has 0 aliphatic heterocycles. The molecular formula is C14H21N3. The molecule has 92 valence electrons. The van der Waals surface area contributed by atoms with Gasteiger partial charge in [0.2, 0.25) is 0 Å². The summed E-state index contributed by atoms with van der Waals surface area (Å²) in [5, 5.41) is 0. The molecule has 0 spiro atoms. The molecule has 0 aliphatic rings. The summed E-state index contributed by atoms with van der Waals surface area (Å²) in [5.74, 6) is 1.08. The van der Waals surface area contributed by atoms with Crippen LogP contribution in [0.2, 0.25) is 0 Å². The molecule has 3 nitrogen and oxygen atoms in total. The molecule has 2 N–H and O–H groups in total. The van der Waals surface area contributed by atoms with Crippen LogP contribution in [0.25, 0.3) is 11.0 Å². The van der Waals surface area contributed by atoms with Crippen molar-refractivity contribution in [3.05, 3.63) is 30.1 Å². The lowest BCUT2D eigenvalue weighted by atomic mass is 10.1. The Bertz CT molecular complexity index is 518. The Labute approximate surface area is 103 Å². The lowest BCUT2D eigenvalue weighted by molar-refractivity contribution is 0.391. The molecule has 0 saturated heterocycles. The Morgan fingerprint density at radius 2 is 1.94 bits per heavy atom. The van der Waals surface area contributed by atoms with Crippen LogP contribution in [0.1, 0.15) is 33.5 Å². The van der Waals surface area contributed by atoms with Crippen molar-refractivity contribution in [1.82, 2.24) is 9.55 Å². The van der Waals surface area contributed by atoms with Gasteiger partial charge in [0, 0.05) is 18.0 Å². The highest BCUT2D eigenvalue weighted by Crippen LogP contribution is 2.25. The number of hydrogen-bond acceptors (Lipinski definition) is 2. The highest BCUT2D eigenvalue weighted by molar-refractivity contribution is 5.76. The second-order valence-corrected chi connectivity index (χ2v) is 5.70. The number of imidazole rings is 1. The van der Waals surface area contributed by atoms with E-state index >= 15 is 0 Å². The number of nitrogens with zero attached hydrogens (tertiary/aromatic N) is 2. The normalized spacial score (nSPS) is 14.2. The van der Waals surface area contributed by atoms with E-state index in [1.165, 1.54) is 5.52 Å². The molecule has 1 atom stereocenters. The van der Waals surface area contributed by atoms with E-state index < -0.39 is 0 Å². The van der Waals surface area contributed by atoms with Crippen LogP contribution in [0.15, 0.2) is 24.3 Å². The predicted molar refractivity (Wildman–Crippen MR) is 72.1 cm³/mol. The molecule has 2 aromatic rings. The SMILES string of the molecule is CC(N)Cc1nc2ccccc2n1C(C)(C)C. The third-order valence-electron chi connectivity index (χ3n) is 2.81. The molecule has 0 fully saturated rings. The minimum atomic E-state index is 0.0281. The first kappa shape index (κ1) is 12.1. The molecule has 3 heteroatoms. The molecular weight excluding hydrogens is 210 g/mol. The molecule has 1 aromatic carbocycles. The summed E-state index contributed by atoms with van der Waals surface area (Å²) >= 11 is 0. The van der Waals surface area contributed by atoms with Gasteiger partial charge in [-0.15, -0.1) is 0 Å². The predicted octanol–water partition coefficient (Wildman–Crippen LogP) is 2.68. The van der Waals surface area contributed by atoms with Gasteiger partial charge in [-0.3, -0.25) is 0 Å². The largest absolute Gasteiger partial charge is 0.328 e. The van der Waals surface area contributed by atoms with Gasteiger partial charge in [-0.2, -0.15) is 0 Å². The average Bonchev–Trinajstić information content (AvgIpc) is 2.53. The van der Waals surface area contributed by atoms with Crippen LogP contribution < -0.4 is 5.73 Å². The maximum absolute atomic E-state index is 5.91. The van der Waals surface area contributed by atoms with Crippen LogP contribution >= 0.6 is 0 Å². The Hall–Kier alpha value is -1.35. The molecule has 0 amide bonds. The molecule has 0 bridgehead atoms.